The molecule has 0 spiro atoms. The molecule has 0 saturated carbocycles. The highest BCUT2D eigenvalue weighted by molar-refractivity contribution is 5.76. The van der Waals surface area contributed by atoms with Crippen molar-refractivity contribution in [2.45, 2.75) is 6.18 Å². The standard InChI is InChI=1S/C13H8F3N3O/c14-13(15,16)8-2-1-3-9(6-8)19-5-4-10-11(19)17-7-18-12(10)20/h1-7H,(H,17,18,20). The molecule has 102 valence electrons. The number of hydrogen-bond donors (Lipinski definition) is 1. The average Bonchev–Trinajstić information content (AvgIpc) is 2.83. The molecule has 20 heavy (non-hydrogen) atoms. The second-order valence-corrected chi connectivity index (χ2v) is 4.20. The van der Waals surface area contributed by atoms with E-state index in [2.05, 4.69) is 9.97 Å². The Hall–Kier alpha value is -2.57. The van der Waals surface area contributed by atoms with Gasteiger partial charge in [-0.2, -0.15) is 13.2 Å². The Morgan fingerprint density at radius 3 is 2.75 bits per heavy atom. The third kappa shape index (κ3) is 1.97. The fourth-order valence-electron chi connectivity index (χ4n) is 2.00. The minimum Gasteiger partial charge on any atom is -0.313 e. The largest absolute Gasteiger partial charge is 0.416 e. The lowest BCUT2D eigenvalue weighted by atomic mass is 10.2. The highest BCUT2D eigenvalue weighted by Gasteiger charge is 2.30. The van der Waals surface area contributed by atoms with E-state index in [1.165, 1.54) is 35.3 Å². The summed E-state index contributed by atoms with van der Waals surface area (Å²) in [7, 11) is 0. The third-order valence-electron chi connectivity index (χ3n) is 2.94. The molecule has 0 aliphatic heterocycles. The Balaban J connectivity index is 2.22. The lowest BCUT2D eigenvalue weighted by Crippen LogP contribution is -2.08. The fourth-order valence-corrected chi connectivity index (χ4v) is 2.00. The van der Waals surface area contributed by atoms with E-state index in [1.54, 1.807) is 0 Å². The van der Waals surface area contributed by atoms with E-state index in [1.807, 2.05) is 0 Å². The van der Waals surface area contributed by atoms with Crippen LogP contribution >= 0.6 is 0 Å². The summed E-state index contributed by atoms with van der Waals surface area (Å²) in [6.45, 7) is 0. The molecule has 2 heterocycles. The van der Waals surface area contributed by atoms with Gasteiger partial charge in [0.15, 0.2) is 5.65 Å². The number of aromatic amines is 1. The maximum Gasteiger partial charge on any atom is 0.416 e. The Kier molecular flexibility index (Phi) is 2.63. The van der Waals surface area contributed by atoms with E-state index >= 15 is 0 Å². The molecule has 0 aliphatic carbocycles. The number of nitrogens with one attached hydrogen (secondary N) is 1. The molecular formula is C13H8F3N3O. The van der Waals surface area contributed by atoms with Crippen molar-refractivity contribution >= 4 is 11.0 Å². The summed E-state index contributed by atoms with van der Waals surface area (Å²) in [6.07, 6.45) is -1.68. The van der Waals surface area contributed by atoms with Gasteiger partial charge in [0.25, 0.3) is 5.56 Å². The van der Waals surface area contributed by atoms with Crippen LogP contribution in [0.25, 0.3) is 16.7 Å². The smallest absolute Gasteiger partial charge is 0.313 e. The topological polar surface area (TPSA) is 50.7 Å². The van der Waals surface area contributed by atoms with Crippen molar-refractivity contribution in [1.29, 1.82) is 0 Å². The molecule has 4 nitrogen and oxygen atoms in total. The van der Waals surface area contributed by atoms with Crippen LogP contribution in [0, 0.1) is 0 Å². The Morgan fingerprint density at radius 1 is 1.20 bits per heavy atom. The van der Waals surface area contributed by atoms with Crippen LogP contribution in [-0.2, 0) is 6.18 Å². The van der Waals surface area contributed by atoms with Gasteiger partial charge in [0, 0.05) is 11.9 Å². The molecule has 1 aromatic carbocycles. The maximum absolute atomic E-state index is 12.7. The van der Waals surface area contributed by atoms with Gasteiger partial charge in [0.2, 0.25) is 0 Å². The Labute approximate surface area is 110 Å². The van der Waals surface area contributed by atoms with Crippen molar-refractivity contribution in [2.75, 3.05) is 0 Å². The van der Waals surface area contributed by atoms with Crippen molar-refractivity contribution in [2.24, 2.45) is 0 Å². The minimum atomic E-state index is -4.41. The van der Waals surface area contributed by atoms with Gasteiger partial charge in [-0.15, -0.1) is 0 Å². The number of fused-ring (bicyclic) bond motifs is 1. The molecule has 3 aromatic rings. The van der Waals surface area contributed by atoms with Crippen molar-refractivity contribution in [3.05, 3.63) is 58.8 Å². The highest BCUT2D eigenvalue weighted by Crippen LogP contribution is 2.30. The van der Waals surface area contributed by atoms with Gasteiger partial charge in [-0.3, -0.25) is 4.79 Å². The molecule has 2 aromatic heterocycles. The van der Waals surface area contributed by atoms with Crippen molar-refractivity contribution in [3.63, 3.8) is 0 Å². The van der Waals surface area contributed by atoms with E-state index < -0.39 is 11.7 Å². The molecular weight excluding hydrogens is 271 g/mol. The Morgan fingerprint density at radius 2 is 2.00 bits per heavy atom. The van der Waals surface area contributed by atoms with Gasteiger partial charge < -0.3 is 9.55 Å². The van der Waals surface area contributed by atoms with E-state index in [-0.39, 0.29) is 5.56 Å². The lowest BCUT2D eigenvalue weighted by molar-refractivity contribution is -0.137. The Bertz CT molecular complexity index is 832. The second-order valence-electron chi connectivity index (χ2n) is 4.20. The average molecular weight is 279 g/mol. The predicted octanol–water partition coefficient (Wildman–Crippen LogP) is 2.73. The van der Waals surface area contributed by atoms with Crippen LogP contribution in [0.15, 0.2) is 47.7 Å². The van der Waals surface area contributed by atoms with Crippen LogP contribution in [0.4, 0.5) is 13.2 Å². The quantitative estimate of drug-likeness (QED) is 0.744. The van der Waals surface area contributed by atoms with E-state index in [0.717, 1.165) is 12.1 Å². The van der Waals surface area contributed by atoms with E-state index in [9.17, 15) is 18.0 Å². The molecule has 0 amide bonds. The van der Waals surface area contributed by atoms with Gasteiger partial charge in [-0.1, -0.05) is 6.07 Å². The summed E-state index contributed by atoms with van der Waals surface area (Å²) in [4.78, 5) is 18.0. The lowest BCUT2D eigenvalue weighted by Gasteiger charge is -2.09. The molecule has 0 saturated heterocycles. The number of aromatic nitrogens is 3. The molecule has 0 bridgehead atoms. The number of hydrogen-bond acceptors (Lipinski definition) is 2. The first-order chi connectivity index (χ1) is 9.47. The first-order valence-corrected chi connectivity index (χ1v) is 5.69. The third-order valence-corrected chi connectivity index (χ3v) is 2.94. The van der Waals surface area contributed by atoms with E-state index in [0.29, 0.717) is 16.7 Å². The second kappa shape index (κ2) is 4.22. The summed E-state index contributed by atoms with van der Waals surface area (Å²) in [6, 6.07) is 6.37. The monoisotopic (exact) mass is 279 g/mol. The fraction of sp³-hybridized carbons (Fsp3) is 0.0769. The molecule has 1 N–H and O–H groups in total. The van der Waals surface area contributed by atoms with Crippen LogP contribution in [0.2, 0.25) is 0 Å². The molecule has 3 rings (SSSR count). The van der Waals surface area contributed by atoms with Gasteiger partial charge in [0.1, 0.15) is 0 Å². The normalized spacial score (nSPS) is 11.9. The SMILES string of the molecule is O=c1[nH]cnc2c1ccn2-c1cccc(C(F)(F)F)c1. The van der Waals surface area contributed by atoms with Gasteiger partial charge in [-0.25, -0.2) is 4.98 Å². The summed E-state index contributed by atoms with van der Waals surface area (Å²) >= 11 is 0. The van der Waals surface area contributed by atoms with Crippen molar-refractivity contribution < 1.29 is 13.2 Å². The van der Waals surface area contributed by atoms with Gasteiger partial charge >= 0.3 is 6.18 Å². The first kappa shape index (κ1) is 12.5. The predicted molar refractivity (Wildman–Crippen MR) is 66.7 cm³/mol. The van der Waals surface area contributed by atoms with Crippen molar-refractivity contribution in [3.8, 4) is 5.69 Å². The van der Waals surface area contributed by atoms with Crippen molar-refractivity contribution in [1.82, 2.24) is 14.5 Å². The van der Waals surface area contributed by atoms with Crippen LogP contribution in [0.3, 0.4) is 0 Å². The van der Waals surface area contributed by atoms with Crippen LogP contribution in [0.5, 0.6) is 0 Å². The van der Waals surface area contributed by atoms with Gasteiger partial charge in [-0.05, 0) is 24.3 Å². The number of benzene rings is 1. The number of alkyl halides is 3. The minimum absolute atomic E-state index is 0.299. The molecule has 0 fully saturated rings. The van der Waals surface area contributed by atoms with Crippen LogP contribution in [-0.4, -0.2) is 14.5 Å². The molecule has 0 unspecified atom stereocenters. The summed E-state index contributed by atoms with van der Waals surface area (Å²) in [5.74, 6) is 0. The summed E-state index contributed by atoms with van der Waals surface area (Å²) in [5, 5.41) is 0.324. The van der Waals surface area contributed by atoms with E-state index in [4.69, 9.17) is 0 Å². The highest BCUT2D eigenvalue weighted by atomic mass is 19.4. The number of nitrogens with zero attached hydrogens (tertiary/aromatic N) is 2. The van der Waals surface area contributed by atoms with Crippen LogP contribution in [0.1, 0.15) is 5.56 Å². The van der Waals surface area contributed by atoms with Gasteiger partial charge in [0.05, 0.1) is 17.3 Å². The molecule has 0 aliphatic rings. The zero-order valence-corrected chi connectivity index (χ0v) is 9.98. The number of H-pyrrole nitrogens is 1. The number of rotatable bonds is 1. The zero-order valence-electron chi connectivity index (χ0n) is 9.98. The van der Waals surface area contributed by atoms with Crippen LogP contribution < -0.4 is 5.56 Å². The maximum atomic E-state index is 12.7. The molecule has 0 radical (unpaired) electrons. The first-order valence-electron chi connectivity index (χ1n) is 5.69. The summed E-state index contributed by atoms with van der Waals surface area (Å²) < 4.78 is 39.6. The summed E-state index contributed by atoms with van der Waals surface area (Å²) in [5.41, 5.74) is -0.469. The molecule has 0 atom stereocenters. The zero-order chi connectivity index (χ0) is 14.3. The number of halogens is 3. The molecule has 7 heteroatoms.